The van der Waals surface area contributed by atoms with Gasteiger partial charge in [-0.05, 0) is 55.2 Å². The maximum atomic E-state index is 15.2. The van der Waals surface area contributed by atoms with Crippen molar-refractivity contribution in [2.45, 2.75) is 51.6 Å². The fourth-order valence-electron chi connectivity index (χ4n) is 7.61. The summed E-state index contributed by atoms with van der Waals surface area (Å²) in [6.07, 6.45) is 9.04. The van der Waals surface area contributed by atoms with E-state index in [9.17, 15) is 38.4 Å². The molecule has 1 aliphatic rings. The monoisotopic (exact) mass is 968 g/mol. The Labute approximate surface area is 404 Å². The van der Waals surface area contributed by atoms with Crippen LogP contribution in [0.15, 0.2) is 102 Å². The van der Waals surface area contributed by atoms with Crippen molar-refractivity contribution in [3.05, 3.63) is 120 Å². The summed E-state index contributed by atoms with van der Waals surface area (Å²) in [5.74, 6) is -4.67. The number of carbonyl (C=O) groups excluding carboxylic acids is 8. The molecule has 0 aliphatic carbocycles. The zero-order valence-corrected chi connectivity index (χ0v) is 38.3. The van der Waals surface area contributed by atoms with Gasteiger partial charge < -0.3 is 42.6 Å². The van der Waals surface area contributed by atoms with Crippen LogP contribution < -0.4 is 38.1 Å². The van der Waals surface area contributed by atoms with E-state index < -0.39 is 48.6 Å². The van der Waals surface area contributed by atoms with Gasteiger partial charge in [0.25, 0.3) is 11.8 Å². The average Bonchev–Trinajstić information content (AvgIpc) is 4.07. The molecule has 21 nitrogen and oxygen atoms in total. The third kappa shape index (κ3) is 12.9. The lowest BCUT2D eigenvalue weighted by molar-refractivity contribution is -0.137. The number of nitrogen functional groups attached to an aromatic ring is 2. The Morgan fingerprint density at radius 3 is 2.21 bits per heavy atom. The number of aromatic nitrogens is 4. The van der Waals surface area contributed by atoms with Crippen LogP contribution in [-0.2, 0) is 46.5 Å². The number of fused-ring (bicyclic) bond motifs is 1. The number of nitrogens with two attached hydrogens (primary N) is 2. The molecule has 0 radical (unpaired) electrons. The highest BCUT2D eigenvalue weighted by Gasteiger charge is 2.25. The number of Topliss-reactive ketones (excluding diaryl/α,β-unsaturated/α-hetero) is 1. The molecule has 3 aromatic heterocycles. The van der Waals surface area contributed by atoms with E-state index in [4.69, 9.17) is 16.0 Å². The second-order valence-corrected chi connectivity index (χ2v) is 16.5. The van der Waals surface area contributed by atoms with E-state index in [0.717, 1.165) is 22.1 Å². The fourth-order valence-corrected chi connectivity index (χ4v) is 7.61. The van der Waals surface area contributed by atoms with Gasteiger partial charge in [-0.1, -0.05) is 54.0 Å². The second-order valence-electron chi connectivity index (χ2n) is 16.5. The molecule has 0 saturated heterocycles. The first-order valence-corrected chi connectivity index (χ1v) is 22.4. The lowest BCUT2D eigenvalue weighted by Crippen LogP contribution is -2.52. The number of anilines is 3. The number of carbonyl (C=O) groups is 8. The summed E-state index contributed by atoms with van der Waals surface area (Å²) in [6, 6.07) is 17.1. The van der Waals surface area contributed by atoms with E-state index in [2.05, 4.69) is 41.8 Å². The summed E-state index contributed by atoms with van der Waals surface area (Å²) in [6.45, 7) is 0.624. The van der Waals surface area contributed by atoms with Gasteiger partial charge in [0, 0.05) is 77.6 Å². The average molecular weight is 969 g/mol. The van der Waals surface area contributed by atoms with Gasteiger partial charge in [-0.25, -0.2) is 4.39 Å². The van der Waals surface area contributed by atoms with Gasteiger partial charge in [-0.3, -0.25) is 52.9 Å². The van der Waals surface area contributed by atoms with Crippen LogP contribution in [0.2, 0.25) is 0 Å². The molecule has 4 heterocycles. The van der Waals surface area contributed by atoms with Crippen molar-refractivity contribution >= 4 is 75.3 Å². The number of amides is 7. The van der Waals surface area contributed by atoms with Crippen LogP contribution in [0.3, 0.4) is 0 Å². The second kappa shape index (κ2) is 22.8. The van der Waals surface area contributed by atoms with Crippen molar-refractivity contribution in [2.24, 2.45) is 0 Å². The number of nitrogens with zero attached hydrogens (tertiary/aromatic N) is 5. The number of hydrogen-bond donors (Lipinski definition) is 7. The number of benzene rings is 3. The quantitative estimate of drug-likeness (QED) is 0.0223. The van der Waals surface area contributed by atoms with Crippen LogP contribution in [-0.4, -0.2) is 104 Å². The molecular formula is C49H49FN12O9. The Morgan fingerprint density at radius 2 is 1.48 bits per heavy atom. The van der Waals surface area contributed by atoms with Gasteiger partial charge in [0.1, 0.15) is 11.9 Å². The van der Waals surface area contributed by atoms with Crippen molar-refractivity contribution in [3.63, 3.8) is 0 Å². The zero-order valence-electron chi connectivity index (χ0n) is 38.3. The van der Waals surface area contributed by atoms with E-state index in [1.165, 1.54) is 31.3 Å². The normalized spacial score (nSPS) is 12.5. The Morgan fingerprint density at radius 1 is 0.775 bits per heavy atom. The molecule has 0 fully saturated rings. The molecular weight excluding hydrogens is 920 g/mol. The third-order valence-corrected chi connectivity index (χ3v) is 11.3. The number of imide groups is 1. The van der Waals surface area contributed by atoms with Crippen molar-refractivity contribution in [3.8, 4) is 22.4 Å². The van der Waals surface area contributed by atoms with Crippen LogP contribution in [0, 0.1) is 5.82 Å². The Hall–Kier alpha value is -9.08. The van der Waals surface area contributed by atoms with E-state index in [-0.39, 0.29) is 88.7 Å². The molecule has 3 aromatic carbocycles. The summed E-state index contributed by atoms with van der Waals surface area (Å²) in [7, 11) is 0. The topological polar surface area (TPSA) is 309 Å². The molecule has 1 atom stereocenters. The van der Waals surface area contributed by atoms with Crippen LogP contribution in [0.25, 0.3) is 33.4 Å². The maximum Gasteiger partial charge on any atom is 0.253 e. The maximum absolute atomic E-state index is 15.2. The zero-order chi connectivity index (χ0) is 50.6. The highest BCUT2D eigenvalue weighted by Crippen LogP contribution is 2.38. The predicted molar refractivity (Wildman–Crippen MR) is 257 cm³/mol. The minimum absolute atomic E-state index is 0.00265. The summed E-state index contributed by atoms with van der Waals surface area (Å²) < 4.78 is 22.4. The molecule has 7 rings (SSSR count). The van der Waals surface area contributed by atoms with E-state index in [1.807, 2.05) is 0 Å². The lowest BCUT2D eigenvalue weighted by Gasteiger charge is -2.19. The van der Waals surface area contributed by atoms with Gasteiger partial charge in [-0.15, -0.1) is 0 Å². The summed E-state index contributed by atoms with van der Waals surface area (Å²) in [4.78, 5) is 105. The van der Waals surface area contributed by atoms with Gasteiger partial charge in [0.05, 0.1) is 43.5 Å². The van der Waals surface area contributed by atoms with E-state index in [0.29, 0.717) is 42.6 Å². The largest absolute Gasteiger partial charge is 0.398 e. The van der Waals surface area contributed by atoms with Crippen LogP contribution in [0.5, 0.6) is 0 Å². The first-order chi connectivity index (χ1) is 34.1. The fraction of sp³-hybridized carbons (Fsp3) is 0.245. The number of rotatable bonds is 22. The predicted octanol–water partition coefficient (Wildman–Crippen LogP) is 2.81. The molecule has 6 aromatic rings. The number of halogens is 1. The highest BCUT2D eigenvalue weighted by molar-refractivity contribution is 6.13. The Balaban J connectivity index is 0.866. The first kappa shape index (κ1) is 49.8. The van der Waals surface area contributed by atoms with Crippen molar-refractivity contribution in [1.29, 1.82) is 0 Å². The number of ketones is 1. The molecule has 0 spiro atoms. The molecule has 366 valence electrons. The van der Waals surface area contributed by atoms with Crippen molar-refractivity contribution < 1.29 is 47.3 Å². The van der Waals surface area contributed by atoms with Gasteiger partial charge >= 0.3 is 0 Å². The Kier molecular flexibility index (Phi) is 16.0. The van der Waals surface area contributed by atoms with Crippen molar-refractivity contribution in [2.75, 3.05) is 43.0 Å². The smallest absolute Gasteiger partial charge is 0.253 e. The van der Waals surface area contributed by atoms with Crippen LogP contribution >= 0.6 is 0 Å². The lowest BCUT2D eigenvalue weighted by atomic mass is 9.99. The van der Waals surface area contributed by atoms with Crippen molar-refractivity contribution in [1.82, 2.24) is 46.1 Å². The van der Waals surface area contributed by atoms with Crippen LogP contribution in [0.4, 0.5) is 21.6 Å². The minimum Gasteiger partial charge on any atom is -0.398 e. The molecule has 22 heteroatoms. The number of pyridine rings is 1. The summed E-state index contributed by atoms with van der Waals surface area (Å²) in [5, 5.41) is 21.4. The molecule has 9 N–H and O–H groups in total. The van der Waals surface area contributed by atoms with Gasteiger partial charge in [-0.2, -0.15) is 5.10 Å². The molecule has 0 unspecified atom stereocenters. The number of hydrogen-bond acceptors (Lipinski definition) is 14. The molecule has 0 saturated carbocycles. The highest BCUT2D eigenvalue weighted by atomic mass is 19.1. The number of unbranched alkanes of at least 4 members (excludes halogenated alkanes) is 2. The first-order valence-electron chi connectivity index (χ1n) is 22.4. The molecule has 1 aliphatic heterocycles. The molecule has 71 heavy (non-hydrogen) atoms. The SMILES string of the molecule is CC(=O)c1cc(-c2ncc(-c3cnn(Cc4ccc(NC(=O)CNC(=O)[C@H](Cc5ccccc5)NC(=O)CNC(=O)CNC(=O)CCCCCN5C(=O)C=CC5=O)cc4)c3)c3onc(N)c23)c(F)cc1N. The van der Waals surface area contributed by atoms with E-state index in [1.54, 1.807) is 71.7 Å². The Bertz CT molecular complexity index is 3030. The minimum atomic E-state index is -1.11. The van der Waals surface area contributed by atoms with Gasteiger partial charge in [0.2, 0.25) is 29.5 Å². The van der Waals surface area contributed by atoms with E-state index >= 15 is 4.39 Å². The summed E-state index contributed by atoms with van der Waals surface area (Å²) >= 11 is 0. The third-order valence-electron chi connectivity index (χ3n) is 11.3. The van der Waals surface area contributed by atoms with Crippen LogP contribution in [0.1, 0.15) is 54.1 Å². The van der Waals surface area contributed by atoms with Gasteiger partial charge in [0.15, 0.2) is 17.2 Å². The summed E-state index contributed by atoms with van der Waals surface area (Å²) in [5.41, 5.74) is 15.6. The number of nitrogens with one attached hydrogen (secondary N) is 5. The molecule has 0 bridgehead atoms. The standard InChI is InChI=1S/C49H49FN12O9/c1-28(63)33-19-34(36(50)20-37(33)51)46-45-47(71-60-48(45)52)35(22-55-46)31-21-57-61(27-31)26-30-11-13-32(14-12-30)58-41(66)25-56-49(70)38(18-29-8-4-2-5-9-29)59-42(67)24-54-40(65)23-53-39(64)10-6-3-7-17-62-43(68)15-16-44(62)69/h2,4-5,8-9,11-16,19-22,27,38H,3,6-7,10,17-18,23-26,51H2,1H3,(H2,52,60)(H,53,64)(H,54,65)(H,56,70)(H,58,66)(H,59,67)/t38-/m0/s1. The molecule has 7 amide bonds.